The largest absolute Gasteiger partial charge is 0.466 e. The van der Waals surface area contributed by atoms with Gasteiger partial charge in [-0.3, -0.25) is 14.2 Å². The summed E-state index contributed by atoms with van der Waals surface area (Å²) in [5, 5.41) is 0.461. The summed E-state index contributed by atoms with van der Waals surface area (Å²) in [6.07, 6.45) is -4.14. The van der Waals surface area contributed by atoms with Crippen LogP contribution in [0.1, 0.15) is 43.1 Å². The number of alkyl halides is 3. The maximum Gasteiger partial charge on any atom is 0.416 e. The van der Waals surface area contributed by atoms with Crippen molar-refractivity contribution < 1.29 is 32.2 Å². The van der Waals surface area contributed by atoms with Gasteiger partial charge in [-0.15, -0.1) is 0 Å². The number of aryl methyl sites for hydroxylation is 1. The van der Waals surface area contributed by atoms with Gasteiger partial charge in [-0.25, -0.2) is 0 Å². The van der Waals surface area contributed by atoms with E-state index in [1.165, 1.54) is 19.1 Å². The molecular formula is C26H29F3IN3O4S. The van der Waals surface area contributed by atoms with Crippen LogP contribution in [0.5, 0.6) is 0 Å². The topological polar surface area (TPSA) is 74.8 Å². The Morgan fingerprint density at radius 1 is 1.08 bits per heavy atom. The molecule has 0 N–H and O–H groups in total. The number of carbonyl (C=O) groups is 2. The van der Waals surface area contributed by atoms with Gasteiger partial charge in [0, 0.05) is 28.4 Å². The molecule has 7 nitrogen and oxygen atoms in total. The van der Waals surface area contributed by atoms with E-state index in [1.807, 2.05) is 18.2 Å². The van der Waals surface area contributed by atoms with Gasteiger partial charge in [0.15, 0.2) is 0 Å². The van der Waals surface area contributed by atoms with Crippen molar-refractivity contribution in [1.29, 1.82) is 0 Å². The number of esters is 1. The molecule has 0 aliphatic carbocycles. The van der Waals surface area contributed by atoms with E-state index in [0.29, 0.717) is 24.8 Å². The minimum Gasteiger partial charge on any atom is -0.466 e. The Morgan fingerprint density at radius 3 is 2.53 bits per heavy atom. The number of hydrogen-bond donors (Lipinski definition) is 0. The van der Waals surface area contributed by atoms with Crippen molar-refractivity contribution in [3.05, 3.63) is 62.8 Å². The van der Waals surface area contributed by atoms with E-state index in [1.54, 1.807) is 20.9 Å². The van der Waals surface area contributed by atoms with Crippen LogP contribution in [-0.4, -0.2) is 45.2 Å². The number of fused-ring (bicyclic) bond motifs is 1. The van der Waals surface area contributed by atoms with E-state index in [4.69, 9.17) is 9.47 Å². The minimum atomic E-state index is -4.58. The molecule has 2 aromatic carbocycles. The lowest BCUT2D eigenvalue weighted by atomic mass is 10.1. The first-order valence-electron chi connectivity index (χ1n) is 11.9. The third-order valence-corrected chi connectivity index (χ3v) is 7.11. The summed E-state index contributed by atoms with van der Waals surface area (Å²) >= 11 is 3.94. The summed E-state index contributed by atoms with van der Waals surface area (Å²) in [7, 11) is 0. The highest BCUT2D eigenvalue weighted by molar-refractivity contribution is 14.1. The molecule has 3 aromatic rings. The number of rotatable bonds is 11. The van der Waals surface area contributed by atoms with Crippen LogP contribution in [-0.2, 0) is 33.7 Å². The van der Waals surface area contributed by atoms with E-state index in [-0.39, 0.29) is 24.5 Å². The van der Waals surface area contributed by atoms with Gasteiger partial charge in [-0.05, 0) is 70.7 Å². The molecule has 0 atom stereocenters. The van der Waals surface area contributed by atoms with Crippen molar-refractivity contribution in [3.63, 3.8) is 0 Å². The maximum absolute atomic E-state index is 13.2. The van der Waals surface area contributed by atoms with Crippen molar-refractivity contribution >= 4 is 57.3 Å². The van der Waals surface area contributed by atoms with Crippen LogP contribution in [0, 0.1) is 3.57 Å². The van der Waals surface area contributed by atoms with Crippen LogP contribution in [0.4, 0.5) is 13.2 Å². The quantitative estimate of drug-likeness (QED) is 0.146. The van der Waals surface area contributed by atoms with Crippen molar-refractivity contribution in [1.82, 2.24) is 9.13 Å². The molecule has 0 fully saturated rings. The summed E-state index contributed by atoms with van der Waals surface area (Å²) in [5.74, 6) is -0.421. The molecule has 1 amide bonds. The number of imidazole rings is 1. The Kier molecular flexibility index (Phi) is 10.9. The van der Waals surface area contributed by atoms with Crippen LogP contribution >= 0.6 is 34.4 Å². The number of benzene rings is 2. The fourth-order valence-corrected chi connectivity index (χ4v) is 4.85. The molecule has 0 aliphatic heterocycles. The van der Waals surface area contributed by atoms with Crippen LogP contribution < -0.4 is 5.62 Å². The molecule has 0 unspecified atom stereocenters. The number of nitrogens with zero attached hydrogens (tertiary/aromatic N) is 3. The number of carbonyl (C=O) groups excluding carboxylic acids is 2. The Morgan fingerprint density at radius 2 is 1.84 bits per heavy atom. The Labute approximate surface area is 236 Å². The van der Waals surface area contributed by atoms with E-state index in [0.717, 1.165) is 32.5 Å². The molecule has 0 bridgehead atoms. The molecule has 12 heteroatoms. The van der Waals surface area contributed by atoms with Gasteiger partial charge in [0.25, 0.3) is 5.91 Å². The number of hydrogen-bond acceptors (Lipinski definition) is 5. The molecular weight excluding hydrogens is 634 g/mol. The summed E-state index contributed by atoms with van der Waals surface area (Å²) in [5.41, 5.74) is 0.671. The second kappa shape index (κ2) is 13.7. The van der Waals surface area contributed by atoms with Gasteiger partial charge >= 0.3 is 12.1 Å². The first kappa shape index (κ1) is 30.2. The smallest absolute Gasteiger partial charge is 0.416 e. The Bertz CT molecular complexity index is 1350. The number of halogens is 4. The summed E-state index contributed by atoms with van der Waals surface area (Å²) in [4.78, 5) is 28.6. The van der Waals surface area contributed by atoms with Crippen LogP contribution in [0.15, 0.2) is 47.5 Å². The van der Waals surface area contributed by atoms with E-state index < -0.39 is 23.6 Å². The second-order valence-electron chi connectivity index (χ2n) is 8.66. The zero-order valence-corrected chi connectivity index (χ0v) is 24.2. The minimum absolute atomic E-state index is 0.0981. The average molecular weight is 664 g/mol. The van der Waals surface area contributed by atoms with E-state index >= 15 is 0 Å². The molecule has 1 aromatic heterocycles. The zero-order chi connectivity index (χ0) is 27.9. The number of thioether (sulfide) groups is 1. The van der Waals surface area contributed by atoms with Crippen LogP contribution in [0.25, 0.3) is 11.0 Å². The van der Waals surface area contributed by atoms with Gasteiger partial charge < -0.3 is 14.0 Å². The summed E-state index contributed by atoms with van der Waals surface area (Å²) in [6.45, 7) is 6.62. The highest BCUT2D eigenvalue weighted by Crippen LogP contribution is 2.29. The fraction of sp³-hybridized carbons (Fsp3) is 0.423. The molecule has 206 valence electrons. The molecule has 0 aliphatic rings. The zero-order valence-electron chi connectivity index (χ0n) is 21.3. The van der Waals surface area contributed by atoms with E-state index in [2.05, 4.69) is 41.4 Å². The SMILES string of the molecule is CC(=O)OCCCn1c(=NC(=O)c2cccc(C(F)(F)F)c2)n(COCCSC(C)C)c2cc(I)ccc21. The molecule has 1 heterocycles. The van der Waals surface area contributed by atoms with Gasteiger partial charge in [0.05, 0.1) is 29.8 Å². The lowest BCUT2D eigenvalue weighted by molar-refractivity contribution is -0.141. The van der Waals surface area contributed by atoms with Crippen molar-refractivity contribution in [3.8, 4) is 0 Å². The maximum atomic E-state index is 13.2. The van der Waals surface area contributed by atoms with Gasteiger partial charge in [0.1, 0.15) is 6.73 Å². The molecule has 0 radical (unpaired) electrons. The Hall–Kier alpha value is -2.32. The predicted octanol–water partition coefficient (Wildman–Crippen LogP) is 5.88. The van der Waals surface area contributed by atoms with Gasteiger partial charge in [-0.2, -0.15) is 29.9 Å². The molecule has 0 spiro atoms. The first-order valence-corrected chi connectivity index (χ1v) is 14.1. The first-order chi connectivity index (χ1) is 18.0. The Balaban J connectivity index is 2.07. The highest BCUT2D eigenvalue weighted by Gasteiger charge is 2.31. The lowest BCUT2D eigenvalue weighted by Gasteiger charge is -2.09. The van der Waals surface area contributed by atoms with Crippen LogP contribution in [0.2, 0.25) is 0 Å². The second-order valence-corrected chi connectivity index (χ2v) is 11.6. The van der Waals surface area contributed by atoms with Crippen molar-refractivity contribution in [2.45, 2.75) is 51.9 Å². The lowest BCUT2D eigenvalue weighted by Crippen LogP contribution is -2.29. The average Bonchev–Trinajstić information content (AvgIpc) is 3.12. The summed E-state index contributed by atoms with van der Waals surface area (Å²) in [6, 6.07) is 9.93. The molecule has 38 heavy (non-hydrogen) atoms. The normalized spacial score (nSPS) is 12.5. The third-order valence-electron chi connectivity index (χ3n) is 5.37. The molecule has 0 saturated carbocycles. The predicted molar refractivity (Wildman–Crippen MR) is 149 cm³/mol. The van der Waals surface area contributed by atoms with Crippen LogP contribution in [0.3, 0.4) is 0 Å². The third kappa shape index (κ3) is 8.34. The van der Waals surface area contributed by atoms with E-state index in [9.17, 15) is 22.8 Å². The highest BCUT2D eigenvalue weighted by atomic mass is 127. The fourth-order valence-electron chi connectivity index (χ4n) is 3.69. The monoisotopic (exact) mass is 663 g/mol. The van der Waals surface area contributed by atoms with Crippen molar-refractivity contribution in [2.75, 3.05) is 19.0 Å². The molecule has 3 rings (SSSR count). The number of aromatic nitrogens is 2. The standard InChI is InChI=1S/C26H29F3IN3O4S/c1-17(2)38-13-12-36-16-33-23-15-21(30)8-9-22(23)32(10-5-11-37-18(3)34)25(33)31-24(35)19-6-4-7-20(14-19)26(27,28)29/h4,6-9,14-15,17H,5,10-13,16H2,1-3H3. The summed E-state index contributed by atoms with van der Waals surface area (Å²) < 4.78 is 55.2. The molecule has 0 saturated heterocycles. The number of amides is 1. The number of ether oxygens (including phenoxy) is 2. The van der Waals surface area contributed by atoms with Gasteiger partial charge in [0.2, 0.25) is 5.62 Å². The van der Waals surface area contributed by atoms with Crippen molar-refractivity contribution in [2.24, 2.45) is 4.99 Å². The van der Waals surface area contributed by atoms with Gasteiger partial charge in [-0.1, -0.05) is 19.9 Å².